The van der Waals surface area contributed by atoms with E-state index < -0.39 is 22.0 Å². The molecule has 1 heterocycles. The number of anilines is 1. The standard InChI is InChI=1S/C20H29N3O5S/c1-16(2)5-4-6-17-7-9-18(10-8-17)23(29(3,26)27)15-19(20(24)21-25)22-11-13-28-14-12-22/h7-10,16,19,25H,5,11-15H2,1-3H3,(H,21,24)/t19-/m0/s1. The lowest BCUT2D eigenvalue weighted by Crippen LogP contribution is -2.56. The zero-order chi connectivity index (χ0) is 21.4. The van der Waals surface area contributed by atoms with Gasteiger partial charge in [0, 0.05) is 25.1 Å². The van der Waals surface area contributed by atoms with E-state index in [4.69, 9.17) is 9.94 Å². The van der Waals surface area contributed by atoms with E-state index in [1.807, 2.05) is 0 Å². The van der Waals surface area contributed by atoms with Crippen molar-refractivity contribution < 1.29 is 23.2 Å². The number of nitrogens with one attached hydrogen (secondary N) is 1. The second kappa shape index (κ2) is 10.6. The molecule has 1 aromatic carbocycles. The first kappa shape index (κ1) is 23.2. The Labute approximate surface area is 172 Å². The number of morpholine rings is 1. The van der Waals surface area contributed by atoms with Crippen molar-refractivity contribution in [3.63, 3.8) is 0 Å². The lowest BCUT2D eigenvalue weighted by Gasteiger charge is -2.36. The van der Waals surface area contributed by atoms with E-state index in [1.165, 1.54) is 4.31 Å². The minimum atomic E-state index is -3.66. The Morgan fingerprint density at radius 2 is 1.90 bits per heavy atom. The summed E-state index contributed by atoms with van der Waals surface area (Å²) in [6.45, 7) is 5.89. The first-order valence-corrected chi connectivity index (χ1v) is 11.4. The number of amides is 1. The fourth-order valence-corrected chi connectivity index (χ4v) is 3.90. The van der Waals surface area contributed by atoms with Crippen molar-refractivity contribution >= 4 is 21.6 Å². The van der Waals surface area contributed by atoms with Crippen molar-refractivity contribution in [1.82, 2.24) is 10.4 Å². The molecule has 1 amide bonds. The highest BCUT2D eigenvalue weighted by Gasteiger charge is 2.32. The van der Waals surface area contributed by atoms with Gasteiger partial charge in [-0.2, -0.15) is 0 Å². The number of hydrogen-bond donors (Lipinski definition) is 2. The summed E-state index contributed by atoms with van der Waals surface area (Å²) in [5.74, 6) is 5.99. The molecule has 0 radical (unpaired) electrons. The number of nitrogens with zero attached hydrogens (tertiary/aromatic N) is 2. The second-order valence-electron chi connectivity index (χ2n) is 7.38. The molecule has 1 saturated heterocycles. The van der Waals surface area contributed by atoms with Gasteiger partial charge in [0.05, 0.1) is 31.7 Å². The van der Waals surface area contributed by atoms with E-state index in [0.717, 1.165) is 18.2 Å². The van der Waals surface area contributed by atoms with Crippen LogP contribution in [0.3, 0.4) is 0 Å². The van der Waals surface area contributed by atoms with E-state index in [1.54, 1.807) is 34.6 Å². The van der Waals surface area contributed by atoms with Crippen LogP contribution >= 0.6 is 0 Å². The summed E-state index contributed by atoms with van der Waals surface area (Å²) in [7, 11) is -3.66. The van der Waals surface area contributed by atoms with Gasteiger partial charge in [-0.1, -0.05) is 25.7 Å². The molecule has 1 aliphatic rings. The maximum atomic E-state index is 12.5. The number of hydrogen-bond acceptors (Lipinski definition) is 6. The quantitative estimate of drug-likeness (QED) is 0.387. The van der Waals surface area contributed by atoms with Crippen molar-refractivity contribution in [2.24, 2.45) is 5.92 Å². The molecule has 8 nitrogen and oxygen atoms in total. The molecule has 160 valence electrons. The van der Waals surface area contributed by atoms with Gasteiger partial charge in [-0.15, -0.1) is 0 Å². The molecule has 29 heavy (non-hydrogen) atoms. The van der Waals surface area contributed by atoms with Crippen LogP contribution in [-0.4, -0.2) is 69.6 Å². The third kappa shape index (κ3) is 7.01. The van der Waals surface area contributed by atoms with Crippen molar-refractivity contribution in [2.45, 2.75) is 26.3 Å². The fourth-order valence-electron chi connectivity index (χ4n) is 2.99. The van der Waals surface area contributed by atoms with E-state index in [0.29, 0.717) is 37.9 Å². The predicted molar refractivity (Wildman–Crippen MR) is 111 cm³/mol. The first-order valence-electron chi connectivity index (χ1n) is 9.54. The predicted octanol–water partition coefficient (Wildman–Crippen LogP) is 1.06. The number of hydroxylamine groups is 1. The summed E-state index contributed by atoms with van der Waals surface area (Å²) in [5, 5.41) is 9.14. The summed E-state index contributed by atoms with van der Waals surface area (Å²) in [4.78, 5) is 14.1. The van der Waals surface area contributed by atoms with Crippen LogP contribution in [-0.2, 0) is 19.6 Å². The van der Waals surface area contributed by atoms with Crippen LogP contribution in [0.15, 0.2) is 24.3 Å². The Bertz CT molecular complexity index is 837. The highest BCUT2D eigenvalue weighted by atomic mass is 32.2. The molecule has 9 heteroatoms. The van der Waals surface area contributed by atoms with Gasteiger partial charge in [0.25, 0.3) is 5.91 Å². The summed E-state index contributed by atoms with van der Waals surface area (Å²) in [5.41, 5.74) is 2.88. The van der Waals surface area contributed by atoms with Crippen LogP contribution in [0.5, 0.6) is 0 Å². The van der Waals surface area contributed by atoms with Gasteiger partial charge in [0.1, 0.15) is 6.04 Å². The molecule has 1 fully saturated rings. The molecular formula is C20H29N3O5S. The fraction of sp³-hybridized carbons (Fsp3) is 0.550. The Hall–Kier alpha value is -2.12. The van der Waals surface area contributed by atoms with Gasteiger partial charge in [0.2, 0.25) is 10.0 Å². The molecule has 0 bridgehead atoms. The summed E-state index contributed by atoms with van der Waals surface area (Å²) < 4.78 is 31.4. The molecule has 0 aliphatic carbocycles. The van der Waals surface area contributed by atoms with Gasteiger partial charge >= 0.3 is 0 Å². The maximum absolute atomic E-state index is 12.5. The number of carbonyl (C=O) groups is 1. The van der Waals surface area contributed by atoms with Crippen molar-refractivity contribution in [1.29, 1.82) is 0 Å². The number of carbonyl (C=O) groups excluding carboxylic acids is 1. The van der Waals surface area contributed by atoms with Gasteiger partial charge in [-0.25, -0.2) is 13.9 Å². The molecule has 1 aliphatic heterocycles. The van der Waals surface area contributed by atoms with Crippen molar-refractivity contribution in [3.05, 3.63) is 29.8 Å². The van der Waals surface area contributed by atoms with Gasteiger partial charge in [-0.05, 0) is 30.2 Å². The van der Waals surface area contributed by atoms with Crippen molar-refractivity contribution in [3.8, 4) is 11.8 Å². The molecule has 0 aromatic heterocycles. The SMILES string of the molecule is CC(C)CC#Cc1ccc(N(C[C@@H](C(=O)NO)N2CCOCC2)S(C)(=O)=O)cc1. The highest BCUT2D eigenvalue weighted by Crippen LogP contribution is 2.20. The topological polar surface area (TPSA) is 99.2 Å². The Kier molecular flexibility index (Phi) is 8.46. The van der Waals surface area contributed by atoms with E-state index in [9.17, 15) is 13.2 Å². The van der Waals surface area contributed by atoms with Crippen LogP contribution in [0.2, 0.25) is 0 Å². The molecule has 0 spiro atoms. The van der Waals surface area contributed by atoms with E-state index in [-0.39, 0.29) is 6.54 Å². The van der Waals surface area contributed by atoms with Crippen molar-refractivity contribution in [2.75, 3.05) is 43.4 Å². The van der Waals surface area contributed by atoms with Gasteiger partial charge in [-0.3, -0.25) is 19.2 Å². The molecule has 0 saturated carbocycles. The first-order chi connectivity index (χ1) is 13.7. The molecule has 0 unspecified atom stereocenters. The molecule has 2 rings (SSSR count). The highest BCUT2D eigenvalue weighted by molar-refractivity contribution is 7.92. The second-order valence-corrected chi connectivity index (χ2v) is 9.29. The summed E-state index contributed by atoms with van der Waals surface area (Å²) in [6.07, 6.45) is 1.88. The van der Waals surface area contributed by atoms with Gasteiger partial charge in [0.15, 0.2) is 0 Å². The van der Waals surface area contributed by atoms with Crippen LogP contribution < -0.4 is 9.79 Å². The third-order valence-electron chi connectivity index (χ3n) is 4.54. The summed E-state index contributed by atoms with van der Waals surface area (Å²) >= 11 is 0. The minimum Gasteiger partial charge on any atom is -0.379 e. The Morgan fingerprint density at radius 1 is 1.28 bits per heavy atom. The monoisotopic (exact) mass is 423 g/mol. The third-order valence-corrected chi connectivity index (χ3v) is 5.70. The molecular weight excluding hydrogens is 394 g/mol. The largest absolute Gasteiger partial charge is 0.379 e. The van der Waals surface area contributed by atoms with Gasteiger partial charge < -0.3 is 4.74 Å². The lowest BCUT2D eigenvalue weighted by atomic mass is 10.1. The number of ether oxygens (including phenoxy) is 1. The Morgan fingerprint density at radius 3 is 2.41 bits per heavy atom. The Balaban J connectivity index is 2.25. The van der Waals surface area contributed by atoms with Crippen LogP contribution in [0.4, 0.5) is 5.69 Å². The maximum Gasteiger partial charge on any atom is 0.262 e. The lowest BCUT2D eigenvalue weighted by molar-refractivity contribution is -0.136. The molecule has 2 N–H and O–H groups in total. The number of benzene rings is 1. The normalized spacial score (nSPS) is 16.0. The summed E-state index contributed by atoms with van der Waals surface area (Å²) in [6, 6.07) is 6.03. The minimum absolute atomic E-state index is 0.121. The van der Waals surface area contributed by atoms with E-state index in [2.05, 4.69) is 25.7 Å². The van der Waals surface area contributed by atoms with Crippen LogP contribution in [0.1, 0.15) is 25.8 Å². The smallest absolute Gasteiger partial charge is 0.262 e. The zero-order valence-corrected chi connectivity index (χ0v) is 17.9. The van der Waals surface area contributed by atoms with Crippen LogP contribution in [0.25, 0.3) is 0 Å². The van der Waals surface area contributed by atoms with E-state index >= 15 is 0 Å². The average molecular weight is 424 g/mol. The van der Waals surface area contributed by atoms with Crippen LogP contribution in [0, 0.1) is 17.8 Å². The average Bonchev–Trinajstić information content (AvgIpc) is 2.68. The molecule has 1 atom stereocenters. The zero-order valence-electron chi connectivity index (χ0n) is 17.1. The number of sulfonamides is 1. The number of rotatable bonds is 7. The molecule has 1 aromatic rings.